The number of thiophene rings is 1. The van der Waals surface area contributed by atoms with Gasteiger partial charge in [0.1, 0.15) is 0 Å². The van der Waals surface area contributed by atoms with Crippen molar-refractivity contribution in [3.63, 3.8) is 0 Å². The van der Waals surface area contributed by atoms with Crippen molar-refractivity contribution in [3.8, 4) is 90.1 Å². The van der Waals surface area contributed by atoms with Crippen LogP contribution in [0.25, 0.3) is 110 Å². The lowest BCUT2D eigenvalue weighted by Gasteiger charge is -2.12. The molecule has 0 saturated carbocycles. The number of rotatable bonds is 8. The van der Waals surface area contributed by atoms with Crippen molar-refractivity contribution in [1.82, 2.24) is 19.9 Å². The van der Waals surface area contributed by atoms with E-state index in [2.05, 4.69) is 146 Å². The number of nitrogens with zero attached hydrogens (tertiary/aromatic N) is 4. The lowest BCUT2D eigenvalue weighted by Crippen LogP contribution is -1.96. The summed E-state index contributed by atoms with van der Waals surface area (Å²) in [5.74, 6) is 1.40. The molecule has 11 aromatic rings. The van der Waals surface area contributed by atoms with Crippen LogP contribution in [-0.4, -0.2) is 19.9 Å². The average Bonchev–Trinajstić information content (AvgIpc) is 3.73. The number of hydrogen-bond donors (Lipinski definition) is 0. The standard InChI is InChI=1S/C56H36N4S/c1-5-15-39(16-6-1)48-35-49(40-17-7-2-8-18-40)59-56(58-48)44-31-25-37(26-32-44)45-33-47(54-46-23-13-14-24-52(46)61-53(54)34-45)38-27-29-42(30-28-38)51-36-50(41-19-9-3-10-20-41)57-55(60-51)43-21-11-4-12-22-43/h1-36H. The van der Waals surface area contributed by atoms with Crippen LogP contribution in [0, 0.1) is 0 Å². The van der Waals surface area contributed by atoms with Crippen LogP contribution >= 0.6 is 11.3 Å². The summed E-state index contributed by atoms with van der Waals surface area (Å²) in [6.45, 7) is 0. The molecule has 0 bridgehead atoms. The van der Waals surface area contributed by atoms with Gasteiger partial charge in [-0.1, -0.05) is 188 Å². The van der Waals surface area contributed by atoms with Crippen molar-refractivity contribution in [2.75, 3.05) is 0 Å². The van der Waals surface area contributed by atoms with E-state index in [1.807, 2.05) is 84.1 Å². The molecule has 3 aromatic heterocycles. The van der Waals surface area contributed by atoms with Crippen molar-refractivity contribution >= 4 is 31.5 Å². The van der Waals surface area contributed by atoms with Crippen molar-refractivity contribution in [3.05, 3.63) is 218 Å². The number of aromatic nitrogens is 4. The molecule has 61 heavy (non-hydrogen) atoms. The second-order valence-corrected chi connectivity index (χ2v) is 16.1. The molecule has 0 atom stereocenters. The smallest absolute Gasteiger partial charge is 0.160 e. The zero-order valence-electron chi connectivity index (χ0n) is 33.0. The van der Waals surface area contributed by atoms with Crippen LogP contribution in [0.15, 0.2) is 218 Å². The van der Waals surface area contributed by atoms with Crippen LogP contribution in [0.2, 0.25) is 0 Å². The van der Waals surface area contributed by atoms with Gasteiger partial charge in [-0.05, 0) is 52.6 Å². The Labute approximate surface area is 358 Å². The summed E-state index contributed by atoms with van der Waals surface area (Å²) in [6.07, 6.45) is 0. The van der Waals surface area contributed by atoms with E-state index in [1.165, 1.54) is 25.7 Å². The minimum Gasteiger partial charge on any atom is -0.228 e. The van der Waals surface area contributed by atoms with E-state index in [0.717, 1.165) is 72.8 Å². The van der Waals surface area contributed by atoms with Crippen LogP contribution in [0.3, 0.4) is 0 Å². The molecular weight excluding hydrogens is 761 g/mol. The monoisotopic (exact) mass is 796 g/mol. The van der Waals surface area contributed by atoms with Crippen LogP contribution in [0.5, 0.6) is 0 Å². The molecule has 0 fully saturated rings. The van der Waals surface area contributed by atoms with Gasteiger partial charge in [0, 0.05) is 53.6 Å². The van der Waals surface area contributed by atoms with Gasteiger partial charge < -0.3 is 0 Å². The van der Waals surface area contributed by atoms with E-state index in [-0.39, 0.29) is 0 Å². The third kappa shape index (κ3) is 7.18. The molecule has 4 nitrogen and oxygen atoms in total. The van der Waals surface area contributed by atoms with E-state index in [9.17, 15) is 0 Å². The molecule has 0 aliphatic heterocycles. The molecule has 0 aliphatic rings. The molecule has 0 spiro atoms. The fraction of sp³-hybridized carbons (Fsp3) is 0. The van der Waals surface area contributed by atoms with Gasteiger partial charge >= 0.3 is 0 Å². The lowest BCUT2D eigenvalue weighted by molar-refractivity contribution is 1.18. The van der Waals surface area contributed by atoms with Gasteiger partial charge in [-0.2, -0.15) is 0 Å². The Hall–Kier alpha value is -7.86. The zero-order chi connectivity index (χ0) is 40.5. The highest BCUT2D eigenvalue weighted by Gasteiger charge is 2.17. The van der Waals surface area contributed by atoms with Crippen LogP contribution < -0.4 is 0 Å². The van der Waals surface area contributed by atoms with Gasteiger partial charge in [-0.15, -0.1) is 11.3 Å². The third-order valence-electron chi connectivity index (χ3n) is 11.1. The minimum atomic E-state index is 0.697. The second kappa shape index (κ2) is 15.7. The summed E-state index contributed by atoms with van der Waals surface area (Å²) in [5.41, 5.74) is 14.4. The van der Waals surface area contributed by atoms with E-state index in [0.29, 0.717) is 11.6 Å². The first-order valence-corrected chi connectivity index (χ1v) is 21.2. The van der Waals surface area contributed by atoms with Crippen LogP contribution in [0.1, 0.15) is 0 Å². The fourth-order valence-electron chi connectivity index (χ4n) is 8.04. The molecule has 0 amide bonds. The maximum absolute atomic E-state index is 5.09. The van der Waals surface area contributed by atoms with Gasteiger partial charge in [0.15, 0.2) is 11.6 Å². The molecule has 0 saturated heterocycles. The summed E-state index contributed by atoms with van der Waals surface area (Å²) in [5, 5.41) is 2.54. The molecular formula is C56H36N4S. The maximum atomic E-state index is 5.09. The summed E-state index contributed by atoms with van der Waals surface area (Å²) >= 11 is 1.84. The average molecular weight is 797 g/mol. The topological polar surface area (TPSA) is 51.6 Å². The first-order chi connectivity index (χ1) is 30.2. The lowest BCUT2D eigenvalue weighted by atomic mass is 9.93. The quantitative estimate of drug-likeness (QED) is 0.154. The van der Waals surface area contributed by atoms with Crippen molar-refractivity contribution in [2.45, 2.75) is 0 Å². The predicted molar refractivity (Wildman–Crippen MR) is 254 cm³/mol. The zero-order valence-corrected chi connectivity index (χ0v) is 33.8. The Balaban J connectivity index is 0.989. The van der Waals surface area contributed by atoms with E-state index in [4.69, 9.17) is 19.9 Å². The Bertz CT molecular complexity index is 3200. The van der Waals surface area contributed by atoms with Crippen molar-refractivity contribution in [2.24, 2.45) is 0 Å². The molecule has 0 unspecified atom stereocenters. The summed E-state index contributed by atoms with van der Waals surface area (Å²) in [4.78, 5) is 20.2. The number of benzene rings is 8. The largest absolute Gasteiger partial charge is 0.228 e. The van der Waals surface area contributed by atoms with Gasteiger partial charge in [-0.3, -0.25) is 0 Å². The fourth-order valence-corrected chi connectivity index (χ4v) is 9.21. The highest BCUT2D eigenvalue weighted by Crippen LogP contribution is 2.43. The Morgan fingerprint density at radius 3 is 1.15 bits per heavy atom. The first-order valence-electron chi connectivity index (χ1n) is 20.4. The number of hydrogen-bond acceptors (Lipinski definition) is 5. The Kier molecular flexibility index (Phi) is 9.34. The number of fused-ring (bicyclic) bond motifs is 3. The summed E-state index contributed by atoms with van der Waals surface area (Å²) in [7, 11) is 0. The van der Waals surface area contributed by atoms with Crippen LogP contribution in [-0.2, 0) is 0 Å². The molecule has 0 N–H and O–H groups in total. The van der Waals surface area contributed by atoms with E-state index < -0.39 is 0 Å². The summed E-state index contributed by atoms with van der Waals surface area (Å²) in [6, 6.07) is 76.3. The van der Waals surface area contributed by atoms with Gasteiger partial charge in [0.2, 0.25) is 0 Å². The third-order valence-corrected chi connectivity index (χ3v) is 12.3. The molecule has 3 heterocycles. The Morgan fingerprint density at radius 1 is 0.262 bits per heavy atom. The highest BCUT2D eigenvalue weighted by atomic mass is 32.1. The first kappa shape index (κ1) is 36.2. The normalized spacial score (nSPS) is 11.3. The van der Waals surface area contributed by atoms with E-state index >= 15 is 0 Å². The maximum Gasteiger partial charge on any atom is 0.160 e. The van der Waals surface area contributed by atoms with Gasteiger partial charge in [0.05, 0.1) is 22.8 Å². The molecule has 0 radical (unpaired) electrons. The molecule has 5 heteroatoms. The van der Waals surface area contributed by atoms with Gasteiger partial charge in [-0.25, -0.2) is 19.9 Å². The second-order valence-electron chi connectivity index (χ2n) is 15.0. The highest BCUT2D eigenvalue weighted by molar-refractivity contribution is 7.26. The molecule has 11 rings (SSSR count). The summed E-state index contributed by atoms with van der Waals surface area (Å²) < 4.78 is 2.53. The SMILES string of the molecule is c1ccc(-c2cc(-c3ccc(-c4cc(-c5ccc(-c6nc(-c7ccccc7)cc(-c7ccccc7)n6)cc5)cc5sc6ccccc6c45)cc3)nc(-c3ccccc3)n2)cc1. The van der Waals surface area contributed by atoms with E-state index in [1.54, 1.807) is 0 Å². The molecule has 8 aromatic carbocycles. The van der Waals surface area contributed by atoms with Crippen LogP contribution in [0.4, 0.5) is 0 Å². The van der Waals surface area contributed by atoms with Crippen molar-refractivity contribution in [1.29, 1.82) is 0 Å². The van der Waals surface area contributed by atoms with Crippen molar-refractivity contribution < 1.29 is 0 Å². The Morgan fingerprint density at radius 2 is 0.639 bits per heavy atom. The van der Waals surface area contributed by atoms with Gasteiger partial charge in [0.25, 0.3) is 0 Å². The minimum absolute atomic E-state index is 0.697. The molecule has 0 aliphatic carbocycles. The molecule has 286 valence electrons. The predicted octanol–water partition coefficient (Wildman–Crippen LogP) is 15.0.